The fourth-order valence-electron chi connectivity index (χ4n) is 1.69. The molecule has 0 amide bonds. The van der Waals surface area contributed by atoms with E-state index in [0.29, 0.717) is 24.0 Å². The molecule has 0 spiro atoms. The molecule has 0 radical (unpaired) electrons. The van der Waals surface area contributed by atoms with Crippen molar-refractivity contribution in [2.24, 2.45) is 0 Å². The largest absolute Gasteiger partial charge is 0.464 e. The fourth-order valence-corrected chi connectivity index (χ4v) is 2.77. The summed E-state index contributed by atoms with van der Waals surface area (Å²) in [5.74, 6) is -1.24. The molecule has 2 rings (SSSR count). The van der Waals surface area contributed by atoms with Gasteiger partial charge < -0.3 is 9.52 Å². The smallest absolute Gasteiger partial charge is 0.240 e. The number of hydrogen-bond acceptors (Lipinski definition) is 4. The van der Waals surface area contributed by atoms with Crippen LogP contribution in [0.25, 0.3) is 0 Å². The van der Waals surface area contributed by atoms with Crippen LogP contribution >= 0.6 is 0 Å². The molecule has 0 aliphatic carbocycles. The van der Waals surface area contributed by atoms with E-state index in [1.165, 1.54) is 6.07 Å². The van der Waals surface area contributed by atoms with E-state index < -0.39 is 32.7 Å². The van der Waals surface area contributed by atoms with Crippen molar-refractivity contribution in [1.29, 1.82) is 0 Å². The number of rotatable bonds is 5. The Morgan fingerprint density at radius 3 is 2.38 bits per heavy atom. The van der Waals surface area contributed by atoms with E-state index in [0.717, 1.165) is 0 Å². The van der Waals surface area contributed by atoms with Crippen molar-refractivity contribution in [1.82, 2.24) is 4.72 Å². The predicted octanol–water partition coefficient (Wildman–Crippen LogP) is 1.88. The lowest BCUT2D eigenvalue weighted by Gasteiger charge is -2.10. The number of benzene rings is 1. The van der Waals surface area contributed by atoms with E-state index in [2.05, 4.69) is 4.72 Å². The first-order valence-corrected chi connectivity index (χ1v) is 7.46. The molecule has 21 heavy (non-hydrogen) atoms. The molecule has 1 aromatic carbocycles. The lowest BCUT2D eigenvalue weighted by molar-refractivity contribution is 0.152. The van der Waals surface area contributed by atoms with Gasteiger partial charge in [-0.25, -0.2) is 21.9 Å². The standard InChI is InChI=1S/C13H13F2NO4S/c1-8-2-3-13(20-8)12(17)7-16-21(18,19)11-5-9(14)4-10(15)6-11/h2-6,12,16-17H,7H2,1H3. The SMILES string of the molecule is Cc1ccc(C(O)CNS(=O)(=O)c2cc(F)cc(F)c2)o1. The molecule has 2 aromatic rings. The van der Waals surface area contributed by atoms with Gasteiger partial charge in [0.2, 0.25) is 10.0 Å². The van der Waals surface area contributed by atoms with Gasteiger partial charge in [-0.05, 0) is 31.2 Å². The highest BCUT2D eigenvalue weighted by atomic mass is 32.2. The Bertz CT molecular complexity index is 722. The monoisotopic (exact) mass is 317 g/mol. The molecule has 0 saturated heterocycles. The zero-order chi connectivity index (χ0) is 15.6. The zero-order valence-electron chi connectivity index (χ0n) is 11.0. The molecule has 0 bridgehead atoms. The quantitative estimate of drug-likeness (QED) is 0.882. The molecule has 1 heterocycles. The van der Waals surface area contributed by atoms with Gasteiger partial charge in [-0.2, -0.15) is 0 Å². The molecule has 8 heteroatoms. The van der Waals surface area contributed by atoms with E-state index in [-0.39, 0.29) is 12.3 Å². The summed E-state index contributed by atoms with van der Waals surface area (Å²) < 4.78 is 57.1. The van der Waals surface area contributed by atoms with E-state index in [4.69, 9.17) is 4.42 Å². The second-order valence-electron chi connectivity index (χ2n) is 4.42. The lowest BCUT2D eigenvalue weighted by Crippen LogP contribution is -2.28. The van der Waals surface area contributed by atoms with Crippen LogP contribution in [-0.4, -0.2) is 20.1 Å². The summed E-state index contributed by atoms with van der Waals surface area (Å²) in [6, 6.07) is 5.08. The number of nitrogens with one attached hydrogen (secondary N) is 1. The number of aliphatic hydroxyl groups excluding tert-OH is 1. The maximum Gasteiger partial charge on any atom is 0.240 e. The number of aryl methyl sites for hydroxylation is 1. The third kappa shape index (κ3) is 3.87. The molecular formula is C13H13F2NO4S. The van der Waals surface area contributed by atoms with Crippen LogP contribution in [-0.2, 0) is 10.0 Å². The fraction of sp³-hybridized carbons (Fsp3) is 0.231. The van der Waals surface area contributed by atoms with Crippen molar-refractivity contribution in [2.45, 2.75) is 17.9 Å². The number of halogens is 2. The van der Waals surface area contributed by atoms with Crippen LogP contribution in [0.2, 0.25) is 0 Å². The molecule has 2 N–H and O–H groups in total. The first kappa shape index (κ1) is 15.6. The Kier molecular flexibility index (Phi) is 4.40. The summed E-state index contributed by atoms with van der Waals surface area (Å²) in [6.07, 6.45) is -1.20. The van der Waals surface area contributed by atoms with Gasteiger partial charge >= 0.3 is 0 Å². The van der Waals surface area contributed by atoms with E-state index in [9.17, 15) is 22.3 Å². The third-order valence-electron chi connectivity index (χ3n) is 2.70. The summed E-state index contributed by atoms with van der Waals surface area (Å²) in [4.78, 5) is -0.553. The van der Waals surface area contributed by atoms with Crippen LogP contribution in [0.5, 0.6) is 0 Å². The number of aliphatic hydroxyl groups is 1. The molecular weight excluding hydrogens is 304 g/mol. The van der Waals surface area contributed by atoms with Crippen LogP contribution in [0, 0.1) is 18.6 Å². The van der Waals surface area contributed by atoms with Crippen LogP contribution in [0.3, 0.4) is 0 Å². The normalized spacial score (nSPS) is 13.3. The van der Waals surface area contributed by atoms with Gasteiger partial charge in [-0.1, -0.05) is 0 Å². The first-order valence-electron chi connectivity index (χ1n) is 5.98. The van der Waals surface area contributed by atoms with Crippen LogP contribution < -0.4 is 4.72 Å². The van der Waals surface area contributed by atoms with Gasteiger partial charge in [-0.3, -0.25) is 0 Å². The van der Waals surface area contributed by atoms with Crippen LogP contribution in [0.1, 0.15) is 17.6 Å². The third-order valence-corrected chi connectivity index (χ3v) is 4.11. The summed E-state index contributed by atoms with van der Waals surface area (Å²) in [7, 11) is -4.13. The van der Waals surface area contributed by atoms with Crippen molar-refractivity contribution in [3.05, 3.63) is 53.5 Å². The maximum atomic E-state index is 13.0. The Morgan fingerprint density at radius 2 is 1.86 bits per heavy atom. The summed E-state index contributed by atoms with van der Waals surface area (Å²) >= 11 is 0. The van der Waals surface area contributed by atoms with Gasteiger partial charge in [0.05, 0.1) is 4.90 Å². The van der Waals surface area contributed by atoms with Crippen molar-refractivity contribution in [2.75, 3.05) is 6.54 Å². The van der Waals surface area contributed by atoms with Crippen molar-refractivity contribution in [3.8, 4) is 0 Å². The van der Waals surface area contributed by atoms with Gasteiger partial charge in [0, 0.05) is 12.6 Å². The molecule has 1 aromatic heterocycles. The molecule has 5 nitrogen and oxygen atoms in total. The highest BCUT2D eigenvalue weighted by Gasteiger charge is 2.19. The Balaban J connectivity index is 2.11. The minimum atomic E-state index is -4.13. The van der Waals surface area contributed by atoms with Crippen LogP contribution in [0.4, 0.5) is 8.78 Å². The lowest BCUT2D eigenvalue weighted by atomic mass is 10.3. The highest BCUT2D eigenvalue weighted by molar-refractivity contribution is 7.89. The molecule has 0 aliphatic rings. The topological polar surface area (TPSA) is 79.5 Å². The minimum absolute atomic E-state index is 0.195. The molecule has 0 fully saturated rings. The molecule has 0 aliphatic heterocycles. The van der Waals surface area contributed by atoms with Crippen molar-refractivity contribution < 1.29 is 26.7 Å². The summed E-state index contributed by atoms with van der Waals surface area (Å²) in [5, 5.41) is 9.78. The second-order valence-corrected chi connectivity index (χ2v) is 6.19. The second kappa shape index (κ2) is 5.92. The number of hydrogen-bond donors (Lipinski definition) is 2. The van der Waals surface area contributed by atoms with Crippen molar-refractivity contribution in [3.63, 3.8) is 0 Å². The average Bonchev–Trinajstić information content (AvgIpc) is 2.82. The molecule has 0 saturated carbocycles. The average molecular weight is 317 g/mol. The maximum absolute atomic E-state index is 13.0. The zero-order valence-corrected chi connectivity index (χ0v) is 11.8. The first-order chi connectivity index (χ1) is 9.78. The number of sulfonamides is 1. The predicted molar refractivity (Wildman–Crippen MR) is 70.0 cm³/mol. The van der Waals surface area contributed by atoms with Gasteiger partial charge in [0.15, 0.2) is 0 Å². The minimum Gasteiger partial charge on any atom is -0.464 e. The summed E-state index contributed by atoms with van der Waals surface area (Å²) in [5.41, 5.74) is 0. The Hall–Kier alpha value is -1.77. The van der Waals surface area contributed by atoms with Gasteiger partial charge in [0.25, 0.3) is 0 Å². The Labute approximate surface area is 120 Å². The summed E-state index contributed by atoms with van der Waals surface area (Å²) in [6.45, 7) is 1.29. The van der Waals surface area contributed by atoms with E-state index in [1.54, 1.807) is 13.0 Å². The molecule has 1 atom stereocenters. The van der Waals surface area contributed by atoms with Crippen LogP contribution in [0.15, 0.2) is 39.6 Å². The highest BCUT2D eigenvalue weighted by Crippen LogP contribution is 2.17. The van der Waals surface area contributed by atoms with Gasteiger partial charge in [-0.15, -0.1) is 0 Å². The molecule has 1 unspecified atom stereocenters. The Morgan fingerprint density at radius 1 is 1.24 bits per heavy atom. The van der Waals surface area contributed by atoms with Gasteiger partial charge in [0.1, 0.15) is 29.3 Å². The van der Waals surface area contributed by atoms with E-state index in [1.807, 2.05) is 0 Å². The molecule has 114 valence electrons. The van der Waals surface area contributed by atoms with Crippen molar-refractivity contribution >= 4 is 10.0 Å². The van der Waals surface area contributed by atoms with E-state index >= 15 is 0 Å². The number of furan rings is 1.